The highest BCUT2D eigenvalue weighted by atomic mass is 16.5. The molecule has 0 fully saturated rings. The van der Waals surface area contributed by atoms with Crippen LogP contribution in [0, 0.1) is 0 Å². The zero-order valence-corrected chi connectivity index (χ0v) is 11.4. The summed E-state index contributed by atoms with van der Waals surface area (Å²) in [4.78, 5) is 11.8. The fraction of sp³-hybridized carbons (Fsp3) is 0. The third-order valence-electron chi connectivity index (χ3n) is 2.67. The number of pyridine rings is 2. The van der Waals surface area contributed by atoms with Crippen LogP contribution in [-0.4, -0.2) is 25.3 Å². The first-order valence-corrected chi connectivity index (χ1v) is 6.42. The molecule has 0 aliphatic carbocycles. The Morgan fingerprint density at radius 1 is 0.727 bits per heavy atom. The molecule has 4 aromatic heterocycles. The van der Waals surface area contributed by atoms with E-state index in [1.807, 2.05) is 36.4 Å². The predicted octanol–water partition coefficient (Wildman–Crippen LogP) is 2.87. The van der Waals surface area contributed by atoms with Gasteiger partial charge in [-0.3, -0.25) is 9.97 Å². The van der Waals surface area contributed by atoms with Crippen molar-refractivity contribution in [3.05, 3.63) is 67.6 Å². The largest absolute Gasteiger partial charge is 0.364 e. The Morgan fingerprint density at radius 3 is 2.27 bits per heavy atom. The van der Waals surface area contributed by atoms with Gasteiger partial charge >= 0.3 is 0 Å². The Balaban J connectivity index is 0.000000131. The zero-order chi connectivity index (χ0) is 15.0. The summed E-state index contributed by atoms with van der Waals surface area (Å²) in [5.41, 5.74) is 2.59. The summed E-state index contributed by atoms with van der Waals surface area (Å²) in [6.07, 6.45) is 7.97. The summed E-state index contributed by atoms with van der Waals surface area (Å²) in [7, 11) is 0. The van der Waals surface area contributed by atoms with Gasteiger partial charge in [0.25, 0.3) is 0 Å². The zero-order valence-electron chi connectivity index (χ0n) is 11.4. The van der Waals surface area contributed by atoms with Crippen molar-refractivity contribution in [2.45, 2.75) is 0 Å². The summed E-state index contributed by atoms with van der Waals surface area (Å²) >= 11 is 0. The normalized spacial score (nSPS) is 9.82. The van der Waals surface area contributed by atoms with Gasteiger partial charge in [0.2, 0.25) is 12.2 Å². The second-order valence-corrected chi connectivity index (χ2v) is 4.09. The molecule has 4 aromatic rings. The van der Waals surface area contributed by atoms with Crippen LogP contribution in [0.1, 0.15) is 0 Å². The third kappa shape index (κ3) is 3.40. The van der Waals surface area contributed by atoms with Gasteiger partial charge in [0.05, 0.1) is 0 Å². The molecule has 0 radical (unpaired) electrons. The molecule has 0 spiro atoms. The molecule has 0 unspecified atom stereocenters. The van der Waals surface area contributed by atoms with Gasteiger partial charge < -0.3 is 9.05 Å². The summed E-state index contributed by atoms with van der Waals surface area (Å²) in [5.74, 6) is 0.519. The van der Waals surface area contributed by atoms with Gasteiger partial charge in [-0.1, -0.05) is 16.4 Å². The van der Waals surface area contributed by atoms with E-state index in [0.717, 1.165) is 17.0 Å². The molecule has 22 heavy (non-hydrogen) atoms. The Bertz CT molecular complexity index is 702. The Hall–Kier alpha value is -3.35. The first-order chi connectivity index (χ1) is 10.9. The molecule has 0 N–H and O–H groups in total. The molecule has 0 atom stereocenters. The van der Waals surface area contributed by atoms with Gasteiger partial charge in [-0.2, -0.15) is 4.98 Å². The van der Waals surface area contributed by atoms with Crippen molar-refractivity contribution in [3.63, 3.8) is 0 Å². The van der Waals surface area contributed by atoms with Gasteiger partial charge in [0.1, 0.15) is 17.7 Å². The Labute approximate surface area is 125 Å². The fourth-order valence-corrected chi connectivity index (χ4v) is 1.66. The van der Waals surface area contributed by atoms with E-state index in [9.17, 15) is 0 Å². The molecule has 0 bridgehead atoms. The lowest BCUT2D eigenvalue weighted by Gasteiger charge is -1.90. The van der Waals surface area contributed by atoms with Crippen LogP contribution in [0.25, 0.3) is 22.8 Å². The van der Waals surface area contributed by atoms with Crippen molar-refractivity contribution in [2.75, 3.05) is 0 Å². The van der Waals surface area contributed by atoms with E-state index >= 15 is 0 Å². The summed E-state index contributed by atoms with van der Waals surface area (Å²) in [5, 5.41) is 7.42. The molecule has 0 amide bonds. The topological polar surface area (TPSA) is 90.7 Å². The molecule has 4 rings (SSSR count). The van der Waals surface area contributed by atoms with Gasteiger partial charge in [-0.05, 0) is 24.3 Å². The lowest BCUT2D eigenvalue weighted by molar-refractivity contribution is 0.418. The van der Waals surface area contributed by atoms with Crippen LogP contribution in [0.15, 0.2) is 76.7 Å². The molecule has 0 saturated carbocycles. The molecule has 0 saturated heterocycles. The van der Waals surface area contributed by atoms with Crippen LogP contribution >= 0.6 is 0 Å². The molecular formula is C15H11N5O2. The standard InChI is InChI=1S/C8H6N2O.C7H5N3O/c1-4-9-5-2-7(1)8-3-6-11-10-8;1-2-4-8-6(3-1)7-9-5-11-10-7/h1-6H;1-5H. The quantitative estimate of drug-likeness (QED) is 0.561. The van der Waals surface area contributed by atoms with E-state index in [0.29, 0.717) is 5.82 Å². The average molecular weight is 293 g/mol. The maximum Gasteiger partial charge on any atom is 0.220 e. The lowest BCUT2D eigenvalue weighted by Crippen LogP contribution is -1.82. The highest BCUT2D eigenvalue weighted by Gasteiger charge is 2.01. The van der Waals surface area contributed by atoms with Crippen molar-refractivity contribution in [1.29, 1.82) is 0 Å². The van der Waals surface area contributed by atoms with Crippen LogP contribution < -0.4 is 0 Å². The molecule has 7 heteroatoms. The number of rotatable bonds is 2. The number of hydrogen-bond acceptors (Lipinski definition) is 7. The van der Waals surface area contributed by atoms with Gasteiger partial charge in [-0.25, -0.2) is 0 Å². The van der Waals surface area contributed by atoms with Crippen molar-refractivity contribution in [2.24, 2.45) is 0 Å². The van der Waals surface area contributed by atoms with E-state index in [-0.39, 0.29) is 0 Å². The van der Waals surface area contributed by atoms with E-state index in [2.05, 4.69) is 29.8 Å². The minimum absolute atomic E-state index is 0.519. The fourth-order valence-electron chi connectivity index (χ4n) is 1.66. The van der Waals surface area contributed by atoms with E-state index < -0.39 is 0 Å². The smallest absolute Gasteiger partial charge is 0.220 e. The monoisotopic (exact) mass is 293 g/mol. The highest BCUT2D eigenvalue weighted by molar-refractivity contribution is 5.56. The van der Waals surface area contributed by atoms with Crippen LogP contribution in [0.5, 0.6) is 0 Å². The van der Waals surface area contributed by atoms with Gasteiger partial charge in [0.15, 0.2) is 0 Å². The van der Waals surface area contributed by atoms with Gasteiger partial charge in [0, 0.05) is 30.2 Å². The summed E-state index contributed by atoms with van der Waals surface area (Å²) < 4.78 is 9.27. The average Bonchev–Trinajstić information content (AvgIpc) is 3.31. The van der Waals surface area contributed by atoms with Crippen molar-refractivity contribution < 1.29 is 9.05 Å². The van der Waals surface area contributed by atoms with Crippen LogP contribution in [-0.2, 0) is 0 Å². The maximum atomic E-state index is 4.70. The first kappa shape index (κ1) is 13.6. The molecule has 0 aliphatic rings. The second kappa shape index (κ2) is 6.89. The Morgan fingerprint density at radius 2 is 1.64 bits per heavy atom. The molecule has 0 aromatic carbocycles. The number of hydrogen-bond donors (Lipinski definition) is 0. The first-order valence-electron chi connectivity index (χ1n) is 6.42. The number of nitrogens with zero attached hydrogens (tertiary/aromatic N) is 5. The van der Waals surface area contributed by atoms with Crippen LogP contribution in [0.2, 0.25) is 0 Å². The van der Waals surface area contributed by atoms with Crippen LogP contribution in [0.3, 0.4) is 0 Å². The number of aromatic nitrogens is 5. The summed E-state index contributed by atoms with van der Waals surface area (Å²) in [6.45, 7) is 0. The minimum atomic E-state index is 0.519. The maximum absolute atomic E-state index is 4.70. The molecular weight excluding hydrogens is 282 g/mol. The van der Waals surface area contributed by atoms with Crippen molar-refractivity contribution in [3.8, 4) is 22.8 Å². The highest BCUT2D eigenvalue weighted by Crippen LogP contribution is 2.14. The molecule has 108 valence electrons. The predicted molar refractivity (Wildman–Crippen MR) is 77.3 cm³/mol. The molecule has 7 nitrogen and oxygen atoms in total. The Kier molecular flexibility index (Phi) is 4.27. The molecule has 0 aliphatic heterocycles. The van der Waals surface area contributed by atoms with E-state index in [1.165, 1.54) is 6.39 Å². The van der Waals surface area contributed by atoms with Crippen molar-refractivity contribution >= 4 is 0 Å². The minimum Gasteiger partial charge on any atom is -0.364 e. The van der Waals surface area contributed by atoms with Crippen LogP contribution in [0.4, 0.5) is 0 Å². The third-order valence-corrected chi connectivity index (χ3v) is 2.67. The van der Waals surface area contributed by atoms with Crippen molar-refractivity contribution in [1.82, 2.24) is 25.3 Å². The van der Waals surface area contributed by atoms with E-state index in [4.69, 9.17) is 4.52 Å². The molecule has 4 heterocycles. The second-order valence-electron chi connectivity index (χ2n) is 4.09. The van der Waals surface area contributed by atoms with Gasteiger partial charge in [-0.15, -0.1) is 0 Å². The SMILES string of the molecule is c1cc(-c2ccon2)ccn1.c1ccc(-c2ncon2)nc1. The lowest BCUT2D eigenvalue weighted by atomic mass is 10.2. The van der Waals surface area contributed by atoms with E-state index in [1.54, 1.807) is 24.9 Å². The summed E-state index contributed by atoms with van der Waals surface area (Å²) in [6, 6.07) is 11.1.